The Labute approximate surface area is 191 Å². The summed E-state index contributed by atoms with van der Waals surface area (Å²) < 4.78 is 46.6. The number of ether oxygens (including phenoxy) is 1. The van der Waals surface area contributed by atoms with Crippen LogP contribution in [0.3, 0.4) is 0 Å². The van der Waals surface area contributed by atoms with E-state index in [4.69, 9.17) is 4.74 Å². The number of aromatic nitrogens is 2. The second-order valence-electron chi connectivity index (χ2n) is 7.49. The van der Waals surface area contributed by atoms with Crippen molar-refractivity contribution < 1.29 is 32.6 Å². The fraction of sp³-hybridized carbons (Fsp3) is 0.263. The summed E-state index contributed by atoms with van der Waals surface area (Å²) in [6.45, 7) is 4.71. The lowest BCUT2D eigenvalue weighted by molar-refractivity contribution is -0.136. The molecule has 170 valence electrons. The van der Waals surface area contributed by atoms with Gasteiger partial charge in [-0.1, -0.05) is 0 Å². The van der Waals surface area contributed by atoms with E-state index in [2.05, 4.69) is 31.2 Å². The van der Waals surface area contributed by atoms with Gasteiger partial charge in [-0.05, 0) is 48.8 Å². The number of halogens is 4. The number of nitrogens with one attached hydrogen (secondary N) is 2. The van der Waals surface area contributed by atoms with Crippen LogP contribution in [-0.2, 0) is 10.9 Å². The number of anilines is 3. The molecule has 0 radical (unpaired) electrons. The van der Waals surface area contributed by atoms with Gasteiger partial charge >= 0.3 is 18.2 Å². The number of aromatic carboxylic acids is 1. The number of rotatable bonds is 4. The van der Waals surface area contributed by atoms with Gasteiger partial charge in [-0.25, -0.2) is 19.6 Å². The van der Waals surface area contributed by atoms with Crippen LogP contribution in [0.1, 0.15) is 36.7 Å². The zero-order chi connectivity index (χ0) is 23.8. The molecule has 3 aromatic heterocycles. The number of carboxylic acids is 1. The van der Waals surface area contributed by atoms with Crippen molar-refractivity contribution in [2.45, 2.75) is 32.5 Å². The molecule has 8 nitrogen and oxygen atoms in total. The van der Waals surface area contributed by atoms with Gasteiger partial charge in [0.2, 0.25) is 0 Å². The molecule has 0 aliphatic carbocycles. The second-order valence-corrected chi connectivity index (χ2v) is 9.90. The molecule has 0 fully saturated rings. The highest BCUT2D eigenvalue weighted by Crippen LogP contribution is 2.39. The zero-order valence-electron chi connectivity index (χ0n) is 16.8. The summed E-state index contributed by atoms with van der Waals surface area (Å²) >= 11 is 4.51. The summed E-state index contributed by atoms with van der Waals surface area (Å²) in [6.07, 6.45) is -3.98. The van der Waals surface area contributed by atoms with Crippen LogP contribution in [-0.4, -0.2) is 32.7 Å². The van der Waals surface area contributed by atoms with E-state index in [1.165, 1.54) is 11.3 Å². The quantitative estimate of drug-likeness (QED) is 0.363. The van der Waals surface area contributed by atoms with E-state index in [9.17, 15) is 27.9 Å². The van der Waals surface area contributed by atoms with Crippen molar-refractivity contribution in [1.82, 2.24) is 9.97 Å². The van der Waals surface area contributed by atoms with E-state index >= 15 is 0 Å². The largest absolute Gasteiger partial charge is 0.478 e. The fourth-order valence-electron chi connectivity index (χ4n) is 2.66. The maximum absolute atomic E-state index is 13.7. The molecule has 0 atom stereocenters. The SMILES string of the molecule is CC(C)(C)OC(=O)Nc1cnc(Nc2c(C(=O)O)cnc3sc(Br)cc23)cc1C(F)(F)F. The van der Waals surface area contributed by atoms with Crippen LogP contribution >= 0.6 is 27.3 Å². The highest BCUT2D eigenvalue weighted by Gasteiger charge is 2.35. The van der Waals surface area contributed by atoms with E-state index in [0.29, 0.717) is 20.1 Å². The molecule has 3 N–H and O–H groups in total. The Morgan fingerprint density at radius 2 is 1.84 bits per heavy atom. The van der Waals surface area contributed by atoms with Gasteiger partial charge in [-0.3, -0.25) is 5.32 Å². The molecule has 0 spiro atoms. The summed E-state index contributed by atoms with van der Waals surface area (Å²) in [6, 6.07) is 2.27. The Balaban J connectivity index is 2.03. The van der Waals surface area contributed by atoms with Crippen LogP contribution in [0.5, 0.6) is 0 Å². The van der Waals surface area contributed by atoms with Gasteiger partial charge in [0.1, 0.15) is 21.8 Å². The van der Waals surface area contributed by atoms with Crippen LogP contribution in [0.15, 0.2) is 28.3 Å². The molecule has 13 heteroatoms. The lowest BCUT2D eigenvalue weighted by Gasteiger charge is -2.21. The van der Waals surface area contributed by atoms with Crippen LogP contribution in [0.25, 0.3) is 10.2 Å². The minimum atomic E-state index is -4.84. The number of fused-ring (bicyclic) bond motifs is 1. The van der Waals surface area contributed by atoms with Gasteiger partial charge in [0.15, 0.2) is 0 Å². The number of nitrogens with zero attached hydrogens (tertiary/aromatic N) is 2. The molecular formula is C19H16BrF3N4O4S. The van der Waals surface area contributed by atoms with Crippen molar-refractivity contribution in [3.63, 3.8) is 0 Å². The van der Waals surface area contributed by atoms with Gasteiger partial charge in [0, 0.05) is 11.6 Å². The molecule has 0 aromatic carbocycles. The van der Waals surface area contributed by atoms with E-state index < -0.39 is 35.1 Å². The van der Waals surface area contributed by atoms with Gasteiger partial charge in [-0.2, -0.15) is 13.2 Å². The molecule has 0 aliphatic heterocycles. The number of thiophene rings is 1. The topological polar surface area (TPSA) is 113 Å². The Bertz CT molecular complexity index is 1210. The highest BCUT2D eigenvalue weighted by molar-refractivity contribution is 9.11. The summed E-state index contributed by atoms with van der Waals surface area (Å²) in [4.78, 5) is 32.0. The van der Waals surface area contributed by atoms with Gasteiger partial charge in [-0.15, -0.1) is 11.3 Å². The number of carbonyl (C=O) groups excluding carboxylic acids is 1. The molecule has 0 unspecified atom stereocenters. The lowest BCUT2D eigenvalue weighted by atomic mass is 10.1. The van der Waals surface area contributed by atoms with Crippen molar-refractivity contribution >= 4 is 66.7 Å². The van der Waals surface area contributed by atoms with Gasteiger partial charge in [0.05, 0.1) is 26.9 Å². The molecule has 3 aromatic rings. The minimum absolute atomic E-state index is 0.0397. The Kier molecular flexibility index (Phi) is 6.33. The van der Waals surface area contributed by atoms with Gasteiger partial charge in [0.25, 0.3) is 0 Å². The third-order valence-electron chi connectivity index (χ3n) is 3.86. The lowest BCUT2D eigenvalue weighted by Crippen LogP contribution is -2.28. The first-order chi connectivity index (χ1) is 14.7. The summed E-state index contributed by atoms with van der Waals surface area (Å²) in [5.74, 6) is -1.59. The molecule has 3 heterocycles. The summed E-state index contributed by atoms with van der Waals surface area (Å²) in [5, 5.41) is 14.6. The standard InChI is InChI=1S/C19H16BrF3N4O4S/c1-18(2,3)31-17(30)26-11-7-24-13(5-10(11)19(21,22)23)27-14-8-4-12(20)32-15(8)25-6-9(14)16(28)29/h4-7H,1-3H3,(H,26,30)(H,28,29)(H,24,25,27). The van der Waals surface area contributed by atoms with E-state index in [-0.39, 0.29) is 17.1 Å². The normalized spacial score (nSPS) is 12.0. The Morgan fingerprint density at radius 1 is 1.16 bits per heavy atom. The number of amides is 1. The zero-order valence-corrected chi connectivity index (χ0v) is 19.2. The molecular weight excluding hydrogens is 517 g/mol. The van der Waals surface area contributed by atoms with Crippen molar-refractivity contribution in [3.8, 4) is 0 Å². The molecule has 0 aliphatic rings. The number of carbonyl (C=O) groups is 2. The third kappa shape index (κ3) is 5.46. The minimum Gasteiger partial charge on any atom is -0.478 e. The molecule has 1 amide bonds. The number of hydrogen-bond acceptors (Lipinski definition) is 7. The van der Waals surface area contributed by atoms with Crippen LogP contribution in [0.4, 0.5) is 35.2 Å². The fourth-order valence-corrected chi connectivity index (χ4v) is 4.08. The number of alkyl halides is 3. The third-order valence-corrected chi connectivity index (χ3v) is 5.41. The van der Waals surface area contributed by atoms with Crippen LogP contribution < -0.4 is 10.6 Å². The first-order valence-electron chi connectivity index (χ1n) is 8.90. The summed E-state index contributed by atoms with van der Waals surface area (Å²) in [5.41, 5.74) is -2.90. The first-order valence-corrected chi connectivity index (χ1v) is 10.5. The van der Waals surface area contributed by atoms with Crippen LogP contribution in [0, 0.1) is 0 Å². The molecule has 3 rings (SSSR count). The number of carboxylic acid groups (broad SMARTS) is 1. The highest BCUT2D eigenvalue weighted by atomic mass is 79.9. The maximum atomic E-state index is 13.7. The average molecular weight is 533 g/mol. The van der Waals surface area contributed by atoms with Crippen molar-refractivity contribution in [1.29, 1.82) is 0 Å². The number of pyridine rings is 2. The average Bonchev–Trinajstić information content (AvgIpc) is 3.01. The van der Waals surface area contributed by atoms with Crippen molar-refractivity contribution in [3.05, 3.63) is 39.4 Å². The predicted molar refractivity (Wildman–Crippen MR) is 117 cm³/mol. The summed E-state index contributed by atoms with van der Waals surface area (Å²) in [7, 11) is 0. The Morgan fingerprint density at radius 3 is 2.44 bits per heavy atom. The van der Waals surface area contributed by atoms with Crippen molar-refractivity contribution in [2.24, 2.45) is 0 Å². The van der Waals surface area contributed by atoms with E-state index in [0.717, 1.165) is 12.4 Å². The maximum Gasteiger partial charge on any atom is 0.418 e. The van der Waals surface area contributed by atoms with Gasteiger partial charge < -0.3 is 15.2 Å². The molecule has 0 bridgehead atoms. The smallest absolute Gasteiger partial charge is 0.418 e. The van der Waals surface area contributed by atoms with Crippen LogP contribution in [0.2, 0.25) is 0 Å². The molecule has 32 heavy (non-hydrogen) atoms. The molecule has 0 saturated heterocycles. The molecule has 0 saturated carbocycles. The monoisotopic (exact) mass is 532 g/mol. The van der Waals surface area contributed by atoms with E-state index in [1.807, 2.05) is 5.32 Å². The second kappa shape index (κ2) is 8.54. The Hall–Kier alpha value is -2.93. The number of hydrogen-bond donors (Lipinski definition) is 3. The van der Waals surface area contributed by atoms with Crippen molar-refractivity contribution in [2.75, 3.05) is 10.6 Å². The predicted octanol–water partition coefficient (Wildman–Crippen LogP) is 6.26. The van der Waals surface area contributed by atoms with E-state index in [1.54, 1.807) is 26.8 Å². The first kappa shape index (κ1) is 23.7.